The van der Waals surface area contributed by atoms with Crippen molar-refractivity contribution >= 4 is 35.1 Å². The fourth-order valence-electron chi connectivity index (χ4n) is 8.98. The molecule has 0 radical (unpaired) electrons. The summed E-state index contributed by atoms with van der Waals surface area (Å²) in [5.41, 5.74) is 1.61. The number of hydrogen-bond acceptors (Lipinski definition) is 8. The van der Waals surface area contributed by atoms with Gasteiger partial charge in [0.15, 0.2) is 0 Å². The number of hydrogen-bond donors (Lipinski definition) is 2. The number of anilines is 2. The van der Waals surface area contributed by atoms with Gasteiger partial charge < -0.3 is 34.6 Å². The number of nitrogens with zero attached hydrogens (tertiary/aromatic N) is 3. The van der Waals surface area contributed by atoms with E-state index in [9.17, 15) is 14.7 Å². The van der Waals surface area contributed by atoms with E-state index in [1.54, 1.807) is 24.0 Å². The molecular formula is C45H54N4O7. The topological polar surface area (TPSA) is 129 Å². The maximum atomic E-state index is 15.3. The first-order valence-electron chi connectivity index (χ1n) is 19.7. The Bertz CT molecular complexity index is 1870. The highest BCUT2D eigenvalue weighted by atomic mass is 16.6. The van der Waals surface area contributed by atoms with Crippen molar-refractivity contribution in [3.63, 3.8) is 0 Å². The molecule has 296 valence electrons. The molecule has 6 rings (SSSR count). The third-order valence-electron chi connectivity index (χ3n) is 11.6. The first-order valence-corrected chi connectivity index (χ1v) is 19.7. The predicted octanol–water partition coefficient (Wildman–Crippen LogP) is 5.92. The zero-order valence-electron chi connectivity index (χ0n) is 32.6. The van der Waals surface area contributed by atoms with Crippen molar-refractivity contribution in [2.75, 3.05) is 36.0 Å². The van der Waals surface area contributed by atoms with Gasteiger partial charge in [-0.2, -0.15) is 0 Å². The van der Waals surface area contributed by atoms with Gasteiger partial charge in [-0.05, 0) is 75.4 Å². The van der Waals surface area contributed by atoms with Crippen LogP contribution in [0.3, 0.4) is 0 Å². The summed E-state index contributed by atoms with van der Waals surface area (Å²) in [5.74, 6) is -3.76. The molecule has 11 nitrogen and oxygen atoms in total. The summed E-state index contributed by atoms with van der Waals surface area (Å²) >= 11 is 0. The second kappa shape index (κ2) is 17.7. The fraction of sp³-hybridized carbons (Fsp3) is 0.422. The van der Waals surface area contributed by atoms with Crippen molar-refractivity contribution in [1.82, 2.24) is 10.2 Å². The second-order valence-electron chi connectivity index (χ2n) is 14.8. The van der Waals surface area contributed by atoms with Gasteiger partial charge in [-0.3, -0.25) is 19.2 Å². The van der Waals surface area contributed by atoms with Gasteiger partial charge >= 0.3 is 5.97 Å². The molecule has 8 atom stereocenters. The number of fused-ring (bicyclic) bond motifs is 1. The van der Waals surface area contributed by atoms with Crippen molar-refractivity contribution in [1.29, 1.82) is 0 Å². The summed E-state index contributed by atoms with van der Waals surface area (Å²) in [6, 6.07) is 23.3. The van der Waals surface area contributed by atoms with Crippen molar-refractivity contribution in [2.45, 2.75) is 82.4 Å². The molecule has 3 heterocycles. The second-order valence-corrected chi connectivity index (χ2v) is 14.8. The Morgan fingerprint density at radius 2 is 1.59 bits per heavy atom. The van der Waals surface area contributed by atoms with E-state index in [1.165, 1.54) is 4.90 Å². The van der Waals surface area contributed by atoms with Gasteiger partial charge in [-0.25, -0.2) is 0 Å². The molecule has 3 aliphatic heterocycles. The molecule has 0 saturated carbocycles. The first kappa shape index (κ1) is 40.4. The van der Waals surface area contributed by atoms with Gasteiger partial charge in [-0.1, -0.05) is 72.8 Å². The zero-order chi connectivity index (χ0) is 40.0. The molecule has 0 aliphatic carbocycles. The zero-order valence-corrected chi connectivity index (χ0v) is 32.6. The maximum absolute atomic E-state index is 15.3. The fourth-order valence-corrected chi connectivity index (χ4v) is 8.98. The highest BCUT2D eigenvalue weighted by molar-refractivity contribution is 6.05. The minimum absolute atomic E-state index is 0.155. The van der Waals surface area contributed by atoms with Crippen molar-refractivity contribution in [2.24, 2.45) is 11.8 Å². The summed E-state index contributed by atoms with van der Waals surface area (Å²) in [6.07, 6.45) is 3.30. The van der Waals surface area contributed by atoms with Crippen LogP contribution < -0.4 is 15.1 Å². The van der Waals surface area contributed by atoms with Crippen LogP contribution in [0, 0.1) is 11.8 Å². The van der Waals surface area contributed by atoms with E-state index in [0.29, 0.717) is 36.1 Å². The third kappa shape index (κ3) is 7.62. The number of nitrogens with one attached hydrogen (secondary N) is 1. The lowest BCUT2D eigenvalue weighted by atomic mass is 9.70. The molecule has 2 bridgehead atoms. The van der Waals surface area contributed by atoms with Crippen molar-refractivity contribution < 1.29 is 33.8 Å². The Balaban J connectivity index is 1.38. The molecule has 3 aromatic carbocycles. The van der Waals surface area contributed by atoms with Crippen LogP contribution in [-0.2, 0) is 28.7 Å². The van der Waals surface area contributed by atoms with Gasteiger partial charge in [-0.15, -0.1) is 13.2 Å². The van der Waals surface area contributed by atoms with E-state index in [1.807, 2.05) is 84.9 Å². The molecule has 2 N–H and O–H groups in total. The number of ether oxygens (including phenoxy) is 2. The maximum Gasteiger partial charge on any atom is 0.313 e. The molecule has 56 heavy (non-hydrogen) atoms. The van der Waals surface area contributed by atoms with Gasteiger partial charge in [0, 0.05) is 37.4 Å². The minimum Gasteiger partial charge on any atom is -0.455 e. The minimum atomic E-state index is -1.36. The average molecular weight is 763 g/mol. The van der Waals surface area contributed by atoms with Crippen LogP contribution in [0.25, 0.3) is 0 Å². The molecule has 3 aromatic rings. The molecule has 11 heteroatoms. The Kier molecular flexibility index (Phi) is 12.8. The molecule has 0 unspecified atom stereocenters. The summed E-state index contributed by atoms with van der Waals surface area (Å²) in [7, 11) is 0. The van der Waals surface area contributed by atoms with Gasteiger partial charge in [0.25, 0.3) is 5.91 Å². The Hall–Kier alpha value is -5.26. The number of carbonyl (C=O) groups is 4. The number of likely N-dealkylation sites (tertiary alicyclic amines) is 1. The number of aliphatic hydroxyl groups is 1. The molecule has 3 aliphatic rings. The van der Waals surface area contributed by atoms with E-state index in [2.05, 4.69) is 37.2 Å². The van der Waals surface area contributed by atoms with Crippen LogP contribution in [0.2, 0.25) is 0 Å². The average Bonchev–Trinajstić information content (AvgIpc) is 3.87. The van der Waals surface area contributed by atoms with E-state index >= 15 is 9.59 Å². The lowest BCUT2D eigenvalue weighted by molar-refractivity contribution is -0.162. The SMILES string of the molecule is C=CCCC(=O)N[C@H](C)[C@@H](OC(=O)[C@@H]1[C@H]2C(=O)N([C@H](CO)c3ccccc3)[C@H](C(=O)N(CC=C)c3ccc(N(CC)CC)cc3)[C@]23CC[C@H]1O3)c1ccccc1. The number of aliphatic hydroxyl groups excluding tert-OH is 1. The number of rotatable bonds is 18. The van der Waals surface area contributed by atoms with Crippen molar-refractivity contribution in [3.05, 3.63) is 121 Å². The van der Waals surface area contributed by atoms with Gasteiger partial charge in [0.05, 0.1) is 36.6 Å². The van der Waals surface area contributed by atoms with Crippen LogP contribution in [0.5, 0.6) is 0 Å². The van der Waals surface area contributed by atoms with Gasteiger partial charge in [0.2, 0.25) is 11.8 Å². The molecule has 1 spiro atoms. The summed E-state index contributed by atoms with van der Waals surface area (Å²) < 4.78 is 13.1. The quantitative estimate of drug-likeness (QED) is 0.121. The first-order chi connectivity index (χ1) is 27.1. The number of esters is 1. The number of benzene rings is 3. The van der Waals surface area contributed by atoms with E-state index in [0.717, 1.165) is 18.8 Å². The van der Waals surface area contributed by atoms with Crippen LogP contribution in [-0.4, -0.2) is 83.7 Å². The van der Waals surface area contributed by atoms with Crippen LogP contribution in [0.15, 0.2) is 110 Å². The third-order valence-corrected chi connectivity index (χ3v) is 11.6. The normalized spacial score (nSPS) is 23.8. The summed E-state index contributed by atoms with van der Waals surface area (Å²) in [5, 5.41) is 13.9. The highest BCUT2D eigenvalue weighted by Crippen LogP contribution is 2.60. The van der Waals surface area contributed by atoms with E-state index in [-0.39, 0.29) is 18.9 Å². The highest BCUT2D eigenvalue weighted by Gasteiger charge is 2.76. The standard InChI is InChI=1S/C45H54N4O7/c1-6-10-21-37(51)46-30(5)40(32-19-15-12-16-20-32)55-44(54)38-36-26-27-45(56-36)39(38)42(52)49(35(29-50)31-17-13-11-14-18-31)41(45)43(53)48(28-7-2)34-24-22-33(23-25-34)47(8-3)9-4/h6-7,11-20,22-25,30,35-36,38-41,50H,1-2,8-10,21,26-29H2,3-5H3,(H,46,51)/t30-,35-,36-,38+,39+,40-,41-,45+/m1/s1. The van der Waals surface area contributed by atoms with Crippen LogP contribution >= 0.6 is 0 Å². The molecular weight excluding hydrogens is 709 g/mol. The summed E-state index contributed by atoms with van der Waals surface area (Å²) in [4.78, 5) is 63.0. The molecule has 3 amide bonds. The van der Waals surface area contributed by atoms with E-state index < -0.39 is 72.2 Å². The lowest BCUT2D eigenvalue weighted by Gasteiger charge is -2.39. The smallest absolute Gasteiger partial charge is 0.313 e. The number of allylic oxidation sites excluding steroid dienone is 1. The Morgan fingerprint density at radius 1 is 0.964 bits per heavy atom. The number of amides is 3. The Morgan fingerprint density at radius 3 is 2.18 bits per heavy atom. The Labute approximate surface area is 329 Å². The van der Waals surface area contributed by atoms with Crippen molar-refractivity contribution in [3.8, 4) is 0 Å². The predicted molar refractivity (Wildman–Crippen MR) is 216 cm³/mol. The van der Waals surface area contributed by atoms with Crippen LogP contribution in [0.4, 0.5) is 11.4 Å². The van der Waals surface area contributed by atoms with Gasteiger partial charge in [0.1, 0.15) is 17.7 Å². The number of carbonyl (C=O) groups excluding carboxylic acids is 4. The largest absolute Gasteiger partial charge is 0.455 e. The van der Waals surface area contributed by atoms with E-state index in [4.69, 9.17) is 9.47 Å². The monoisotopic (exact) mass is 762 g/mol. The molecule has 0 aromatic heterocycles. The summed E-state index contributed by atoms with van der Waals surface area (Å²) in [6.45, 7) is 14.9. The lowest BCUT2D eigenvalue weighted by Crippen LogP contribution is -2.57. The molecule has 3 saturated heterocycles. The molecule has 3 fully saturated rings. The van der Waals surface area contributed by atoms with Crippen LogP contribution in [0.1, 0.15) is 69.7 Å².